The van der Waals surface area contributed by atoms with E-state index in [1.165, 1.54) is 20.8 Å². The van der Waals surface area contributed by atoms with Crippen molar-refractivity contribution in [3.8, 4) is 0 Å². The summed E-state index contributed by atoms with van der Waals surface area (Å²) < 4.78 is 28.3. The Morgan fingerprint density at radius 2 is 1.38 bits per heavy atom. The largest absolute Gasteiger partial charge is 0.463 e. The summed E-state index contributed by atoms with van der Waals surface area (Å²) in [6, 6.07) is 0. The van der Waals surface area contributed by atoms with Crippen molar-refractivity contribution in [1.82, 2.24) is 0 Å². The number of ketones is 1. The summed E-state index contributed by atoms with van der Waals surface area (Å²) >= 11 is 0. The van der Waals surface area contributed by atoms with Crippen molar-refractivity contribution >= 4 is 23.7 Å². The van der Waals surface area contributed by atoms with Gasteiger partial charge in [0.15, 0.2) is 12.4 Å². The quantitative estimate of drug-likeness (QED) is 0.301. The topological polar surface area (TPSA) is 114 Å². The van der Waals surface area contributed by atoms with Crippen LogP contribution in [0.15, 0.2) is 0 Å². The third kappa shape index (κ3) is 10.5. The van der Waals surface area contributed by atoms with Gasteiger partial charge in [0.05, 0.1) is 6.61 Å². The van der Waals surface area contributed by atoms with Gasteiger partial charge in [0.25, 0.3) is 0 Å². The van der Waals surface area contributed by atoms with Crippen LogP contribution in [0.5, 0.6) is 0 Å². The van der Waals surface area contributed by atoms with Gasteiger partial charge in [0.2, 0.25) is 0 Å². The van der Waals surface area contributed by atoms with E-state index in [-0.39, 0.29) is 23.2 Å². The number of hydrogen-bond donors (Lipinski definition) is 0. The highest BCUT2D eigenvalue weighted by molar-refractivity contribution is 5.75. The molecule has 9 heteroatoms. The summed E-state index contributed by atoms with van der Waals surface area (Å²) in [7, 11) is 0. The van der Waals surface area contributed by atoms with Crippen molar-refractivity contribution in [2.45, 2.75) is 106 Å². The molecule has 0 amide bonds. The molecule has 0 radical (unpaired) electrons. The van der Waals surface area contributed by atoms with Crippen molar-refractivity contribution in [1.29, 1.82) is 0 Å². The van der Waals surface area contributed by atoms with Crippen LogP contribution in [0.1, 0.15) is 81.6 Å². The molecule has 1 aliphatic heterocycles. The van der Waals surface area contributed by atoms with E-state index in [1.54, 1.807) is 13.8 Å². The van der Waals surface area contributed by atoms with Gasteiger partial charge in [-0.25, -0.2) is 0 Å². The van der Waals surface area contributed by atoms with Gasteiger partial charge < -0.3 is 28.5 Å². The predicted octanol–water partition coefficient (Wildman–Crippen LogP) is 3.60. The molecule has 1 heterocycles. The number of ether oxygens (including phenoxy) is 5. The molecule has 1 fully saturated rings. The van der Waals surface area contributed by atoms with Gasteiger partial charge in [-0.3, -0.25) is 14.4 Å². The fourth-order valence-corrected chi connectivity index (χ4v) is 4.52. The maximum atomic E-state index is 11.8. The minimum absolute atomic E-state index is 0.0594. The van der Waals surface area contributed by atoms with E-state index >= 15 is 0 Å². The molecule has 0 N–H and O–H groups in total. The summed E-state index contributed by atoms with van der Waals surface area (Å²) in [5, 5.41) is 0. The van der Waals surface area contributed by atoms with Crippen LogP contribution in [0, 0.1) is 16.7 Å². The van der Waals surface area contributed by atoms with Gasteiger partial charge in [0.1, 0.15) is 24.6 Å². The Morgan fingerprint density at radius 3 is 1.88 bits per heavy atom. The Labute approximate surface area is 203 Å². The molecule has 5 atom stereocenters. The Morgan fingerprint density at radius 1 is 0.824 bits per heavy atom. The molecule has 196 valence electrons. The minimum Gasteiger partial charge on any atom is -0.463 e. The lowest BCUT2D eigenvalue weighted by molar-refractivity contribution is -0.293. The summed E-state index contributed by atoms with van der Waals surface area (Å²) in [4.78, 5) is 46.3. The molecule has 9 nitrogen and oxygen atoms in total. The first-order valence-electron chi connectivity index (χ1n) is 11.8. The van der Waals surface area contributed by atoms with Gasteiger partial charge in [-0.2, -0.15) is 0 Å². The van der Waals surface area contributed by atoms with Crippen LogP contribution in [0.4, 0.5) is 0 Å². The van der Waals surface area contributed by atoms with E-state index in [0.717, 1.165) is 12.8 Å². The smallest absolute Gasteiger partial charge is 0.303 e. The second-order valence-electron chi connectivity index (χ2n) is 10.9. The number of hydrogen-bond acceptors (Lipinski definition) is 9. The van der Waals surface area contributed by atoms with Gasteiger partial charge in [-0.15, -0.1) is 0 Å². The zero-order valence-corrected chi connectivity index (χ0v) is 22.1. The van der Waals surface area contributed by atoms with Crippen LogP contribution in [-0.2, 0) is 42.9 Å². The lowest BCUT2D eigenvalue weighted by Gasteiger charge is -2.44. The second kappa shape index (κ2) is 12.6. The third-order valence-electron chi connectivity index (χ3n) is 5.75. The van der Waals surface area contributed by atoms with Gasteiger partial charge >= 0.3 is 17.9 Å². The molecule has 1 rings (SSSR count). The van der Waals surface area contributed by atoms with E-state index in [0.29, 0.717) is 13.0 Å². The predicted molar refractivity (Wildman–Crippen MR) is 124 cm³/mol. The Bertz CT molecular complexity index is 728. The zero-order valence-electron chi connectivity index (χ0n) is 22.1. The highest BCUT2D eigenvalue weighted by Crippen LogP contribution is 2.39. The average molecular weight is 487 g/mol. The molecular formula is C25H42O9. The fraction of sp³-hybridized carbons (Fsp3) is 0.840. The first-order chi connectivity index (χ1) is 15.5. The Balaban J connectivity index is 3.00. The van der Waals surface area contributed by atoms with Crippen molar-refractivity contribution in [2.75, 3.05) is 13.2 Å². The van der Waals surface area contributed by atoms with E-state index in [9.17, 15) is 19.2 Å². The Hall–Kier alpha value is -2.00. The highest BCUT2D eigenvalue weighted by atomic mass is 16.7. The molecule has 0 aromatic rings. The van der Waals surface area contributed by atoms with Crippen molar-refractivity contribution in [3.05, 3.63) is 0 Å². The SMILES string of the molecule is CC(=O)CCC(C)(C)CC(C)(C)COC1OC(COC(C)=O)C(OC(C)=O)C(OC(C)=O)C1C. The lowest BCUT2D eigenvalue weighted by Crippen LogP contribution is -2.58. The molecule has 34 heavy (non-hydrogen) atoms. The summed E-state index contributed by atoms with van der Waals surface area (Å²) in [5.41, 5.74) is -0.297. The monoisotopic (exact) mass is 486 g/mol. The summed E-state index contributed by atoms with van der Waals surface area (Å²) in [6.07, 6.45) is -1.30. The van der Waals surface area contributed by atoms with E-state index in [4.69, 9.17) is 23.7 Å². The van der Waals surface area contributed by atoms with E-state index < -0.39 is 48.4 Å². The third-order valence-corrected chi connectivity index (χ3v) is 5.75. The van der Waals surface area contributed by atoms with Crippen molar-refractivity contribution < 1.29 is 42.9 Å². The summed E-state index contributed by atoms with van der Waals surface area (Å²) in [6.45, 7) is 15.8. The molecule has 0 saturated carbocycles. The van der Waals surface area contributed by atoms with E-state index in [1.807, 2.05) is 0 Å². The first-order valence-corrected chi connectivity index (χ1v) is 11.8. The molecule has 0 aromatic carbocycles. The summed E-state index contributed by atoms with van der Waals surface area (Å²) in [5.74, 6) is -1.90. The maximum absolute atomic E-state index is 11.8. The van der Waals surface area contributed by atoms with Crippen molar-refractivity contribution in [3.63, 3.8) is 0 Å². The molecule has 0 bridgehead atoms. The standard InChI is InChI=1S/C25H42O9/c1-15(26)10-11-24(6,7)13-25(8,9)14-31-23-16(2)21(32-18(4)28)22(33-19(5)29)20(34-23)12-30-17(3)27/h16,20-23H,10-14H2,1-9H3. The second-order valence-corrected chi connectivity index (χ2v) is 10.9. The average Bonchev–Trinajstić information content (AvgIpc) is 2.66. The number of carbonyl (C=O) groups excluding carboxylic acids is 4. The van der Waals surface area contributed by atoms with Gasteiger partial charge in [0, 0.05) is 33.1 Å². The molecule has 0 aliphatic carbocycles. The first kappa shape index (κ1) is 30.0. The van der Waals surface area contributed by atoms with Crippen LogP contribution in [0.2, 0.25) is 0 Å². The maximum Gasteiger partial charge on any atom is 0.303 e. The van der Waals surface area contributed by atoms with E-state index in [2.05, 4.69) is 27.7 Å². The molecule has 0 spiro atoms. The number of Topliss-reactive ketones (excluding diaryl/α,β-unsaturated/α-hetero) is 1. The molecular weight excluding hydrogens is 444 g/mol. The molecule has 1 saturated heterocycles. The Kier molecular flexibility index (Phi) is 11.2. The highest BCUT2D eigenvalue weighted by Gasteiger charge is 2.49. The van der Waals surface area contributed by atoms with Gasteiger partial charge in [-0.1, -0.05) is 34.6 Å². The lowest BCUT2D eigenvalue weighted by atomic mass is 9.73. The normalized spacial score (nSPS) is 25.4. The fourth-order valence-electron chi connectivity index (χ4n) is 4.52. The minimum atomic E-state index is -0.950. The van der Waals surface area contributed by atoms with Crippen LogP contribution in [0.25, 0.3) is 0 Å². The van der Waals surface area contributed by atoms with Crippen LogP contribution in [-0.4, -0.2) is 61.5 Å². The number of carbonyl (C=O) groups is 4. The zero-order chi connectivity index (χ0) is 26.3. The van der Waals surface area contributed by atoms with Crippen molar-refractivity contribution in [2.24, 2.45) is 16.7 Å². The molecule has 5 unspecified atom stereocenters. The van der Waals surface area contributed by atoms with Gasteiger partial charge in [-0.05, 0) is 30.6 Å². The number of esters is 3. The molecule has 1 aliphatic rings. The number of rotatable bonds is 12. The van der Waals surface area contributed by atoms with Crippen LogP contribution in [0.3, 0.4) is 0 Å². The molecule has 0 aromatic heterocycles. The van der Waals surface area contributed by atoms with Crippen LogP contribution >= 0.6 is 0 Å². The van der Waals surface area contributed by atoms with Crippen LogP contribution < -0.4 is 0 Å².